The molecule has 7 heteroatoms. The van der Waals surface area contributed by atoms with E-state index in [1.54, 1.807) is 12.1 Å². The maximum atomic E-state index is 13.1. The molecule has 1 saturated heterocycles. The van der Waals surface area contributed by atoms with Gasteiger partial charge in [0.25, 0.3) is 5.91 Å². The van der Waals surface area contributed by atoms with Gasteiger partial charge in [0.15, 0.2) is 0 Å². The summed E-state index contributed by atoms with van der Waals surface area (Å²) in [5.41, 5.74) is 3.14. The van der Waals surface area contributed by atoms with Crippen LogP contribution in [0.15, 0.2) is 36.4 Å². The highest BCUT2D eigenvalue weighted by atomic mass is 35.5. The summed E-state index contributed by atoms with van der Waals surface area (Å²) < 4.78 is 5.67. The number of rotatable bonds is 6. The fraction of sp³-hybridized carbons (Fsp3) is 0.364. The lowest BCUT2D eigenvalue weighted by atomic mass is 10.1. The lowest BCUT2D eigenvalue weighted by Gasteiger charge is -2.25. The third-order valence-corrected chi connectivity index (χ3v) is 5.66. The number of nitrogens with one attached hydrogen (secondary N) is 1. The van der Waals surface area contributed by atoms with Gasteiger partial charge in [-0.25, -0.2) is 0 Å². The second-order valence-electron chi connectivity index (χ2n) is 7.24. The Hall–Kier alpha value is -2.08. The molecule has 0 aromatic heterocycles. The number of benzene rings is 2. The molecule has 1 aliphatic rings. The zero-order valence-corrected chi connectivity index (χ0v) is 18.0. The van der Waals surface area contributed by atoms with Crippen LogP contribution in [0, 0.1) is 13.8 Å². The number of carbonyl (C=O) groups excluding carboxylic acids is 2. The molecule has 3 rings (SSSR count). The molecular weight excluding hydrogens is 411 g/mol. The standard InChI is InChI=1S/C22H24Cl2N2O3/c1-14-5-3-7-20(15(14)2)25-21(27)13-26(12-17-6-4-10-29-17)22(28)18-9-8-16(23)11-19(18)24/h3,5,7-9,11,17H,4,6,10,12-13H2,1-2H3,(H,25,27). The number of anilines is 1. The number of ether oxygens (including phenoxy) is 1. The summed E-state index contributed by atoms with van der Waals surface area (Å²) >= 11 is 12.2. The van der Waals surface area contributed by atoms with Gasteiger partial charge < -0.3 is 15.0 Å². The lowest BCUT2D eigenvalue weighted by molar-refractivity contribution is -0.117. The van der Waals surface area contributed by atoms with Crippen LogP contribution in [0.2, 0.25) is 10.0 Å². The zero-order valence-electron chi connectivity index (χ0n) is 16.5. The molecule has 1 heterocycles. The molecule has 1 atom stereocenters. The van der Waals surface area contributed by atoms with E-state index >= 15 is 0 Å². The number of nitrogens with zero attached hydrogens (tertiary/aromatic N) is 1. The van der Waals surface area contributed by atoms with E-state index in [0.29, 0.717) is 23.7 Å². The first-order valence-electron chi connectivity index (χ1n) is 9.57. The number of carbonyl (C=O) groups is 2. The van der Waals surface area contributed by atoms with E-state index in [-0.39, 0.29) is 29.5 Å². The quantitative estimate of drug-likeness (QED) is 0.705. The number of halogens is 2. The average molecular weight is 435 g/mol. The molecule has 0 spiro atoms. The van der Waals surface area contributed by atoms with Crippen LogP contribution in [0.5, 0.6) is 0 Å². The van der Waals surface area contributed by atoms with Crippen molar-refractivity contribution in [1.82, 2.24) is 4.90 Å². The summed E-state index contributed by atoms with van der Waals surface area (Å²) in [4.78, 5) is 27.4. The molecule has 2 aromatic carbocycles. The Morgan fingerprint density at radius 1 is 1.21 bits per heavy atom. The molecule has 1 unspecified atom stereocenters. The van der Waals surface area contributed by atoms with Crippen LogP contribution < -0.4 is 5.32 Å². The van der Waals surface area contributed by atoms with Crippen LogP contribution in [0.3, 0.4) is 0 Å². The first kappa shape index (κ1) is 21.6. The Morgan fingerprint density at radius 3 is 2.69 bits per heavy atom. The van der Waals surface area contributed by atoms with Crippen molar-refractivity contribution in [1.29, 1.82) is 0 Å². The van der Waals surface area contributed by atoms with Gasteiger partial charge in [0.05, 0.1) is 16.7 Å². The van der Waals surface area contributed by atoms with E-state index in [1.165, 1.54) is 11.0 Å². The van der Waals surface area contributed by atoms with Gasteiger partial charge in [0.2, 0.25) is 5.91 Å². The average Bonchev–Trinajstić information content (AvgIpc) is 3.17. The van der Waals surface area contributed by atoms with E-state index < -0.39 is 0 Å². The summed E-state index contributed by atoms with van der Waals surface area (Å²) in [5.74, 6) is -0.589. The topological polar surface area (TPSA) is 58.6 Å². The summed E-state index contributed by atoms with van der Waals surface area (Å²) in [7, 11) is 0. The monoisotopic (exact) mass is 434 g/mol. The minimum Gasteiger partial charge on any atom is -0.376 e. The predicted molar refractivity (Wildman–Crippen MR) is 116 cm³/mol. The third kappa shape index (κ3) is 5.50. The highest BCUT2D eigenvalue weighted by molar-refractivity contribution is 6.36. The predicted octanol–water partition coefficient (Wildman–Crippen LogP) is 4.87. The Bertz CT molecular complexity index is 911. The van der Waals surface area contributed by atoms with E-state index in [2.05, 4.69) is 5.32 Å². The molecule has 1 fully saturated rings. The normalized spacial score (nSPS) is 15.9. The highest BCUT2D eigenvalue weighted by Gasteiger charge is 2.26. The minimum atomic E-state index is -0.321. The Labute approximate surface area is 180 Å². The van der Waals surface area contributed by atoms with Gasteiger partial charge in [-0.3, -0.25) is 9.59 Å². The molecule has 2 aromatic rings. The minimum absolute atomic E-state index is 0.0847. The molecule has 1 N–H and O–H groups in total. The summed E-state index contributed by atoms with van der Waals surface area (Å²) in [6.07, 6.45) is 1.72. The first-order valence-corrected chi connectivity index (χ1v) is 10.3. The molecular formula is C22H24Cl2N2O3. The number of aryl methyl sites for hydroxylation is 1. The molecule has 0 aliphatic carbocycles. The smallest absolute Gasteiger partial charge is 0.255 e. The second-order valence-corrected chi connectivity index (χ2v) is 8.08. The molecule has 0 bridgehead atoms. The molecule has 2 amide bonds. The van der Waals surface area contributed by atoms with Crippen molar-refractivity contribution in [2.75, 3.05) is 25.0 Å². The van der Waals surface area contributed by atoms with Gasteiger partial charge in [0.1, 0.15) is 6.54 Å². The molecule has 5 nitrogen and oxygen atoms in total. The number of amides is 2. The van der Waals surface area contributed by atoms with Crippen molar-refractivity contribution in [3.63, 3.8) is 0 Å². The van der Waals surface area contributed by atoms with Gasteiger partial charge >= 0.3 is 0 Å². The van der Waals surface area contributed by atoms with Crippen LogP contribution in [0.4, 0.5) is 5.69 Å². The van der Waals surface area contributed by atoms with Crippen LogP contribution in [-0.2, 0) is 9.53 Å². The molecule has 154 valence electrons. The van der Waals surface area contributed by atoms with Gasteiger partial charge in [-0.05, 0) is 62.1 Å². The number of hydrogen-bond donors (Lipinski definition) is 1. The summed E-state index contributed by atoms with van der Waals surface area (Å²) in [6, 6.07) is 10.4. The number of hydrogen-bond acceptors (Lipinski definition) is 3. The second kappa shape index (κ2) is 9.61. The zero-order chi connectivity index (χ0) is 21.0. The lowest BCUT2D eigenvalue weighted by Crippen LogP contribution is -2.42. The van der Waals surface area contributed by atoms with Gasteiger partial charge in [-0.1, -0.05) is 35.3 Å². The van der Waals surface area contributed by atoms with Gasteiger partial charge in [0, 0.05) is 23.9 Å². The maximum absolute atomic E-state index is 13.1. The Kier molecular flexibility index (Phi) is 7.17. The largest absolute Gasteiger partial charge is 0.376 e. The fourth-order valence-electron chi connectivity index (χ4n) is 3.34. The van der Waals surface area contributed by atoms with E-state index in [9.17, 15) is 9.59 Å². The van der Waals surface area contributed by atoms with Crippen molar-refractivity contribution >= 4 is 40.7 Å². The van der Waals surface area contributed by atoms with Gasteiger partial charge in [-0.15, -0.1) is 0 Å². The van der Waals surface area contributed by atoms with Crippen molar-refractivity contribution < 1.29 is 14.3 Å². The maximum Gasteiger partial charge on any atom is 0.255 e. The van der Waals surface area contributed by atoms with E-state index in [4.69, 9.17) is 27.9 Å². The molecule has 29 heavy (non-hydrogen) atoms. The summed E-state index contributed by atoms with van der Waals surface area (Å²) in [6.45, 7) is 4.85. The molecule has 1 aliphatic heterocycles. The van der Waals surface area contributed by atoms with Crippen LogP contribution in [0.1, 0.15) is 34.3 Å². The third-order valence-electron chi connectivity index (χ3n) is 5.11. The summed E-state index contributed by atoms with van der Waals surface area (Å²) in [5, 5.41) is 3.62. The van der Waals surface area contributed by atoms with Crippen LogP contribution >= 0.6 is 23.2 Å². The van der Waals surface area contributed by atoms with Crippen LogP contribution in [0.25, 0.3) is 0 Å². The highest BCUT2D eigenvalue weighted by Crippen LogP contribution is 2.24. The molecule has 0 saturated carbocycles. The Morgan fingerprint density at radius 2 is 2.00 bits per heavy atom. The first-order chi connectivity index (χ1) is 13.8. The van der Waals surface area contributed by atoms with Gasteiger partial charge in [-0.2, -0.15) is 0 Å². The van der Waals surface area contributed by atoms with Crippen molar-refractivity contribution in [3.05, 3.63) is 63.1 Å². The van der Waals surface area contributed by atoms with E-state index in [0.717, 1.165) is 29.7 Å². The van der Waals surface area contributed by atoms with Crippen molar-refractivity contribution in [3.8, 4) is 0 Å². The Balaban J connectivity index is 1.78. The fourth-order valence-corrected chi connectivity index (χ4v) is 3.83. The van der Waals surface area contributed by atoms with Crippen LogP contribution in [-0.4, -0.2) is 42.5 Å². The van der Waals surface area contributed by atoms with Crippen molar-refractivity contribution in [2.45, 2.75) is 32.8 Å². The van der Waals surface area contributed by atoms with E-state index in [1.807, 2.05) is 32.0 Å². The molecule has 0 radical (unpaired) electrons. The van der Waals surface area contributed by atoms with Crippen molar-refractivity contribution in [2.24, 2.45) is 0 Å². The SMILES string of the molecule is Cc1cccc(NC(=O)CN(CC2CCCO2)C(=O)c2ccc(Cl)cc2Cl)c1C.